The van der Waals surface area contributed by atoms with Crippen molar-refractivity contribution in [1.29, 1.82) is 0 Å². The summed E-state index contributed by atoms with van der Waals surface area (Å²) in [6.07, 6.45) is 0.997. The molecule has 3 rings (SSSR count). The summed E-state index contributed by atoms with van der Waals surface area (Å²) in [5.41, 5.74) is 0.442. The molecule has 5 heteroatoms. The predicted molar refractivity (Wildman–Crippen MR) is 91.8 cm³/mol. The molecule has 5 nitrogen and oxygen atoms in total. The number of carbonyl (C=O) groups is 1. The second-order valence-electron chi connectivity index (χ2n) is 5.72. The van der Waals surface area contributed by atoms with E-state index in [-0.39, 0.29) is 5.91 Å². The lowest BCUT2D eigenvalue weighted by Gasteiger charge is -2.31. The standard InChI is InChI=1S/C19H20N2O3/c1-3-16-13-19(23,15-7-5-4-6-8-15)21(20-16)18(22)14-9-11-17(24-2)12-10-14/h4-12,23H,3,13H2,1-2H3. The van der Waals surface area contributed by atoms with E-state index in [4.69, 9.17) is 4.74 Å². The number of rotatable bonds is 4. The van der Waals surface area contributed by atoms with E-state index in [1.807, 2.05) is 37.3 Å². The quantitative estimate of drug-likeness (QED) is 0.940. The molecule has 0 radical (unpaired) electrons. The highest BCUT2D eigenvalue weighted by Gasteiger charge is 2.45. The van der Waals surface area contributed by atoms with E-state index in [1.54, 1.807) is 31.4 Å². The van der Waals surface area contributed by atoms with Gasteiger partial charge in [0.15, 0.2) is 5.72 Å². The third-order valence-electron chi connectivity index (χ3n) is 4.22. The van der Waals surface area contributed by atoms with Crippen molar-refractivity contribution in [3.63, 3.8) is 0 Å². The molecule has 0 spiro atoms. The highest BCUT2D eigenvalue weighted by atomic mass is 16.5. The molecule has 1 amide bonds. The van der Waals surface area contributed by atoms with Crippen molar-refractivity contribution >= 4 is 11.6 Å². The zero-order valence-corrected chi connectivity index (χ0v) is 13.8. The van der Waals surface area contributed by atoms with Gasteiger partial charge in [-0.3, -0.25) is 4.79 Å². The number of aliphatic hydroxyl groups is 1. The van der Waals surface area contributed by atoms with Crippen LogP contribution in [0.15, 0.2) is 59.7 Å². The number of hydrogen-bond acceptors (Lipinski definition) is 4. The first-order valence-corrected chi connectivity index (χ1v) is 7.91. The summed E-state index contributed by atoms with van der Waals surface area (Å²) in [4.78, 5) is 12.9. The third-order valence-corrected chi connectivity index (χ3v) is 4.22. The molecule has 124 valence electrons. The molecule has 1 aliphatic heterocycles. The Balaban J connectivity index is 1.98. The predicted octanol–water partition coefficient (Wildman–Crippen LogP) is 3.15. The lowest BCUT2D eigenvalue weighted by Crippen LogP contribution is -2.43. The lowest BCUT2D eigenvalue weighted by atomic mass is 9.96. The number of benzene rings is 2. The molecule has 0 fully saturated rings. The van der Waals surface area contributed by atoms with E-state index in [0.717, 1.165) is 5.71 Å². The Morgan fingerprint density at radius 3 is 2.46 bits per heavy atom. The van der Waals surface area contributed by atoms with Crippen molar-refractivity contribution in [3.05, 3.63) is 65.7 Å². The normalized spacial score (nSPS) is 20.0. The summed E-state index contributed by atoms with van der Waals surface area (Å²) in [7, 11) is 1.57. The van der Waals surface area contributed by atoms with Crippen LogP contribution in [0.1, 0.15) is 35.7 Å². The van der Waals surface area contributed by atoms with E-state index in [1.165, 1.54) is 5.01 Å². The fraction of sp³-hybridized carbons (Fsp3) is 0.263. The summed E-state index contributed by atoms with van der Waals surface area (Å²) in [6, 6.07) is 16.0. The topological polar surface area (TPSA) is 62.1 Å². The molecular weight excluding hydrogens is 304 g/mol. The molecule has 1 unspecified atom stereocenters. The molecule has 0 aliphatic carbocycles. The fourth-order valence-electron chi connectivity index (χ4n) is 2.81. The first kappa shape index (κ1) is 16.2. The fourth-order valence-corrected chi connectivity index (χ4v) is 2.81. The Bertz CT molecular complexity index is 756. The highest BCUT2D eigenvalue weighted by molar-refractivity contribution is 5.98. The van der Waals surface area contributed by atoms with E-state index in [9.17, 15) is 9.90 Å². The van der Waals surface area contributed by atoms with Crippen LogP contribution < -0.4 is 4.74 Å². The Kier molecular flexibility index (Phi) is 4.36. The van der Waals surface area contributed by atoms with Crippen LogP contribution >= 0.6 is 0 Å². The maximum absolute atomic E-state index is 12.9. The van der Waals surface area contributed by atoms with E-state index >= 15 is 0 Å². The van der Waals surface area contributed by atoms with Crippen molar-refractivity contribution in [2.75, 3.05) is 7.11 Å². The maximum atomic E-state index is 12.9. The Hall–Kier alpha value is -2.66. The molecular formula is C19H20N2O3. The van der Waals surface area contributed by atoms with Gasteiger partial charge in [-0.25, -0.2) is 0 Å². The van der Waals surface area contributed by atoms with Gasteiger partial charge >= 0.3 is 0 Å². The third kappa shape index (κ3) is 2.78. The average Bonchev–Trinajstić information content (AvgIpc) is 3.00. The van der Waals surface area contributed by atoms with Gasteiger partial charge in [-0.15, -0.1) is 0 Å². The summed E-state index contributed by atoms with van der Waals surface area (Å²) in [5, 5.41) is 16.8. The van der Waals surface area contributed by atoms with Gasteiger partial charge in [-0.05, 0) is 30.7 Å². The minimum Gasteiger partial charge on any atom is -0.497 e. The largest absolute Gasteiger partial charge is 0.497 e. The van der Waals surface area contributed by atoms with Gasteiger partial charge in [-0.2, -0.15) is 10.1 Å². The van der Waals surface area contributed by atoms with Crippen LogP contribution in [0, 0.1) is 0 Å². The number of ether oxygens (including phenoxy) is 1. The number of nitrogens with zero attached hydrogens (tertiary/aromatic N) is 2. The van der Waals surface area contributed by atoms with Crippen molar-refractivity contribution in [2.45, 2.75) is 25.5 Å². The van der Waals surface area contributed by atoms with Crippen molar-refractivity contribution in [2.24, 2.45) is 5.10 Å². The number of hydrazone groups is 1. The monoisotopic (exact) mass is 324 g/mol. The SMILES string of the molecule is CCC1=NN(C(=O)c2ccc(OC)cc2)C(O)(c2ccccc2)C1. The molecule has 2 aromatic carbocycles. The zero-order chi connectivity index (χ0) is 17.2. The van der Waals surface area contributed by atoms with Crippen LogP contribution in [0.4, 0.5) is 0 Å². The van der Waals surface area contributed by atoms with Crippen molar-refractivity contribution < 1.29 is 14.6 Å². The van der Waals surface area contributed by atoms with E-state index in [0.29, 0.717) is 29.7 Å². The maximum Gasteiger partial charge on any atom is 0.276 e. The second-order valence-corrected chi connectivity index (χ2v) is 5.72. The van der Waals surface area contributed by atoms with Gasteiger partial charge in [0.1, 0.15) is 5.75 Å². The van der Waals surface area contributed by atoms with Gasteiger partial charge in [0, 0.05) is 23.3 Å². The second kappa shape index (κ2) is 6.45. The summed E-state index contributed by atoms with van der Waals surface area (Å²) in [6.45, 7) is 1.96. The Labute approximate surface area is 141 Å². The van der Waals surface area contributed by atoms with E-state index in [2.05, 4.69) is 5.10 Å². The molecule has 0 aromatic heterocycles. The molecule has 2 aromatic rings. The van der Waals surface area contributed by atoms with Gasteiger partial charge in [-0.1, -0.05) is 37.3 Å². The minimum absolute atomic E-state index is 0.315. The van der Waals surface area contributed by atoms with Crippen LogP contribution in [0.5, 0.6) is 5.75 Å². The van der Waals surface area contributed by atoms with Gasteiger partial charge in [0.25, 0.3) is 5.91 Å². The molecule has 0 saturated heterocycles. The first-order chi connectivity index (χ1) is 11.6. The van der Waals surface area contributed by atoms with Gasteiger partial charge in [0.05, 0.1) is 7.11 Å². The summed E-state index contributed by atoms with van der Waals surface area (Å²) in [5.74, 6) is 0.330. The molecule has 0 saturated carbocycles. The average molecular weight is 324 g/mol. The molecule has 1 heterocycles. The summed E-state index contributed by atoms with van der Waals surface area (Å²) >= 11 is 0. The zero-order valence-electron chi connectivity index (χ0n) is 13.8. The number of carbonyl (C=O) groups excluding carboxylic acids is 1. The highest BCUT2D eigenvalue weighted by Crippen LogP contribution is 2.37. The first-order valence-electron chi connectivity index (χ1n) is 7.91. The molecule has 1 atom stereocenters. The summed E-state index contributed by atoms with van der Waals surface area (Å²) < 4.78 is 5.12. The molecule has 0 bridgehead atoms. The van der Waals surface area contributed by atoms with Crippen LogP contribution in [-0.4, -0.2) is 28.8 Å². The van der Waals surface area contributed by atoms with Gasteiger partial charge in [0.2, 0.25) is 0 Å². The van der Waals surface area contributed by atoms with E-state index < -0.39 is 5.72 Å². The smallest absolute Gasteiger partial charge is 0.276 e. The van der Waals surface area contributed by atoms with Crippen LogP contribution in [-0.2, 0) is 5.72 Å². The van der Waals surface area contributed by atoms with Crippen LogP contribution in [0.2, 0.25) is 0 Å². The Morgan fingerprint density at radius 1 is 1.21 bits per heavy atom. The minimum atomic E-state index is -1.45. The number of hydrogen-bond donors (Lipinski definition) is 1. The lowest BCUT2D eigenvalue weighted by molar-refractivity contribution is -0.0765. The Morgan fingerprint density at radius 2 is 1.88 bits per heavy atom. The molecule has 24 heavy (non-hydrogen) atoms. The molecule has 1 N–H and O–H groups in total. The van der Waals surface area contributed by atoms with Gasteiger partial charge < -0.3 is 9.84 Å². The van der Waals surface area contributed by atoms with Crippen molar-refractivity contribution in [1.82, 2.24) is 5.01 Å². The van der Waals surface area contributed by atoms with Crippen molar-refractivity contribution in [3.8, 4) is 5.75 Å². The number of amides is 1. The van der Waals surface area contributed by atoms with Crippen LogP contribution in [0.3, 0.4) is 0 Å². The molecule has 1 aliphatic rings. The van der Waals surface area contributed by atoms with Crippen LogP contribution in [0.25, 0.3) is 0 Å². The number of methoxy groups -OCH3 is 1.